The van der Waals surface area contributed by atoms with Crippen LogP contribution in [0.4, 0.5) is 5.69 Å². The number of ether oxygens (including phenoxy) is 1. The molecule has 1 aliphatic carbocycles. The van der Waals surface area contributed by atoms with Gasteiger partial charge >= 0.3 is 0 Å². The lowest BCUT2D eigenvalue weighted by Crippen LogP contribution is -2.47. The van der Waals surface area contributed by atoms with Crippen LogP contribution in [0.2, 0.25) is 0 Å². The molecule has 1 aromatic rings. The summed E-state index contributed by atoms with van der Waals surface area (Å²) in [6, 6.07) is 7.89. The molecule has 0 bridgehead atoms. The van der Waals surface area contributed by atoms with Gasteiger partial charge in [-0.15, -0.1) is 0 Å². The third-order valence-electron chi connectivity index (χ3n) is 3.33. The third-order valence-corrected chi connectivity index (χ3v) is 3.33. The summed E-state index contributed by atoms with van der Waals surface area (Å²) in [5, 5.41) is 3.02. The highest BCUT2D eigenvalue weighted by molar-refractivity contribution is 6.00. The zero-order valence-corrected chi connectivity index (χ0v) is 9.85. The van der Waals surface area contributed by atoms with Gasteiger partial charge in [-0.1, -0.05) is 12.1 Å². The molecule has 1 aromatic carbocycles. The fourth-order valence-electron chi connectivity index (χ4n) is 2.23. The van der Waals surface area contributed by atoms with E-state index < -0.39 is 0 Å². The van der Waals surface area contributed by atoms with Crippen molar-refractivity contribution >= 4 is 11.6 Å². The van der Waals surface area contributed by atoms with Crippen molar-refractivity contribution in [2.24, 2.45) is 0 Å². The summed E-state index contributed by atoms with van der Waals surface area (Å²) in [6.45, 7) is 0.398. The number of carbonyl (C=O) groups is 1. The zero-order chi connectivity index (χ0) is 11.8. The summed E-state index contributed by atoms with van der Waals surface area (Å²) >= 11 is 0. The minimum absolute atomic E-state index is 0.125. The van der Waals surface area contributed by atoms with Crippen molar-refractivity contribution < 1.29 is 9.53 Å². The van der Waals surface area contributed by atoms with E-state index in [1.807, 2.05) is 29.2 Å². The SMILES string of the molecule is CNC1COc2ccccc2N(C2CC2)C1=O. The van der Waals surface area contributed by atoms with Gasteiger partial charge in [-0.2, -0.15) is 0 Å². The molecule has 4 nitrogen and oxygen atoms in total. The number of para-hydroxylation sites is 2. The molecule has 0 spiro atoms. The number of hydrogen-bond acceptors (Lipinski definition) is 3. The second-order valence-electron chi connectivity index (χ2n) is 4.56. The number of carbonyl (C=O) groups excluding carboxylic acids is 1. The van der Waals surface area contributed by atoms with Gasteiger partial charge in [0.15, 0.2) is 0 Å². The topological polar surface area (TPSA) is 41.6 Å². The Morgan fingerprint density at radius 3 is 2.82 bits per heavy atom. The van der Waals surface area contributed by atoms with Gasteiger partial charge in [0.25, 0.3) is 0 Å². The van der Waals surface area contributed by atoms with Crippen LogP contribution in [0.3, 0.4) is 0 Å². The summed E-state index contributed by atoms with van der Waals surface area (Å²) in [7, 11) is 1.80. The maximum absolute atomic E-state index is 12.4. The van der Waals surface area contributed by atoms with Crippen molar-refractivity contribution in [2.75, 3.05) is 18.6 Å². The van der Waals surface area contributed by atoms with Crippen LogP contribution >= 0.6 is 0 Å². The number of nitrogens with one attached hydrogen (secondary N) is 1. The van der Waals surface area contributed by atoms with Gasteiger partial charge in [-0.05, 0) is 32.0 Å². The molecule has 1 amide bonds. The number of likely N-dealkylation sites (N-methyl/N-ethyl adjacent to an activating group) is 1. The Labute approximate surface area is 101 Å². The average Bonchev–Trinajstić information content (AvgIpc) is 3.16. The highest BCUT2D eigenvalue weighted by atomic mass is 16.5. The summed E-state index contributed by atoms with van der Waals surface area (Å²) in [6.07, 6.45) is 2.19. The van der Waals surface area contributed by atoms with Gasteiger partial charge in [0.2, 0.25) is 5.91 Å². The van der Waals surface area contributed by atoms with E-state index >= 15 is 0 Å². The second-order valence-corrected chi connectivity index (χ2v) is 4.56. The third kappa shape index (κ3) is 1.78. The predicted octanol–water partition coefficient (Wildman–Crippen LogP) is 1.16. The molecule has 1 N–H and O–H groups in total. The quantitative estimate of drug-likeness (QED) is 0.832. The second kappa shape index (κ2) is 4.04. The maximum atomic E-state index is 12.4. The fourth-order valence-corrected chi connectivity index (χ4v) is 2.23. The van der Waals surface area contributed by atoms with E-state index in [1.165, 1.54) is 0 Å². The molecule has 1 fully saturated rings. The molecule has 90 valence electrons. The summed E-state index contributed by atoms with van der Waals surface area (Å²) in [5.41, 5.74) is 0.915. The number of amides is 1. The van der Waals surface area contributed by atoms with Crippen LogP contribution in [0.5, 0.6) is 5.75 Å². The number of fused-ring (bicyclic) bond motifs is 1. The number of anilines is 1. The van der Waals surface area contributed by atoms with Gasteiger partial charge < -0.3 is 15.0 Å². The smallest absolute Gasteiger partial charge is 0.248 e. The molecule has 17 heavy (non-hydrogen) atoms. The molecule has 1 heterocycles. The Hall–Kier alpha value is -1.55. The van der Waals surface area contributed by atoms with E-state index in [1.54, 1.807) is 7.05 Å². The molecular weight excluding hydrogens is 216 g/mol. The van der Waals surface area contributed by atoms with Crippen molar-refractivity contribution in [2.45, 2.75) is 24.9 Å². The van der Waals surface area contributed by atoms with E-state index in [9.17, 15) is 4.79 Å². The number of benzene rings is 1. The predicted molar refractivity (Wildman–Crippen MR) is 65.3 cm³/mol. The standard InChI is InChI=1S/C13H16N2O2/c1-14-10-8-17-12-5-3-2-4-11(12)15(13(10)16)9-6-7-9/h2-5,9-10,14H,6-8H2,1H3. The van der Waals surface area contributed by atoms with Crippen molar-refractivity contribution in [1.82, 2.24) is 5.32 Å². The van der Waals surface area contributed by atoms with Crippen LogP contribution in [-0.2, 0) is 4.79 Å². The van der Waals surface area contributed by atoms with E-state index in [4.69, 9.17) is 4.74 Å². The Kier molecular flexibility index (Phi) is 2.52. The fraction of sp³-hybridized carbons (Fsp3) is 0.462. The van der Waals surface area contributed by atoms with E-state index in [2.05, 4.69) is 5.32 Å². The monoisotopic (exact) mass is 232 g/mol. The van der Waals surface area contributed by atoms with E-state index in [0.29, 0.717) is 12.6 Å². The normalized spacial score (nSPS) is 23.9. The highest BCUT2D eigenvalue weighted by Gasteiger charge is 2.39. The van der Waals surface area contributed by atoms with Crippen LogP contribution in [0.15, 0.2) is 24.3 Å². The Bertz CT molecular complexity index is 443. The Balaban J connectivity index is 2.03. The van der Waals surface area contributed by atoms with Crippen LogP contribution in [0, 0.1) is 0 Å². The Morgan fingerprint density at radius 2 is 2.12 bits per heavy atom. The van der Waals surface area contributed by atoms with Gasteiger partial charge in [0, 0.05) is 6.04 Å². The van der Waals surface area contributed by atoms with E-state index in [-0.39, 0.29) is 11.9 Å². The molecule has 1 atom stereocenters. The number of rotatable bonds is 2. The lowest BCUT2D eigenvalue weighted by Gasteiger charge is -2.23. The van der Waals surface area contributed by atoms with Gasteiger partial charge in [-0.25, -0.2) is 0 Å². The molecule has 1 aliphatic heterocycles. The Morgan fingerprint density at radius 1 is 1.35 bits per heavy atom. The zero-order valence-electron chi connectivity index (χ0n) is 9.85. The van der Waals surface area contributed by atoms with Crippen molar-refractivity contribution in [1.29, 1.82) is 0 Å². The first-order chi connectivity index (χ1) is 8.31. The first-order valence-corrected chi connectivity index (χ1v) is 6.03. The molecule has 0 aromatic heterocycles. The van der Waals surface area contributed by atoms with Crippen molar-refractivity contribution in [3.8, 4) is 5.75 Å². The molecule has 4 heteroatoms. The minimum Gasteiger partial charge on any atom is -0.489 e. The molecule has 0 saturated heterocycles. The van der Waals surface area contributed by atoms with Crippen LogP contribution in [0.1, 0.15) is 12.8 Å². The molecule has 3 rings (SSSR count). The van der Waals surface area contributed by atoms with Crippen molar-refractivity contribution in [3.63, 3.8) is 0 Å². The number of nitrogens with zero attached hydrogens (tertiary/aromatic N) is 1. The van der Waals surface area contributed by atoms with Crippen LogP contribution in [-0.4, -0.2) is 31.6 Å². The van der Waals surface area contributed by atoms with Gasteiger partial charge in [-0.3, -0.25) is 4.79 Å². The van der Waals surface area contributed by atoms with Gasteiger partial charge in [0.05, 0.1) is 5.69 Å². The molecule has 1 saturated carbocycles. The largest absolute Gasteiger partial charge is 0.489 e. The van der Waals surface area contributed by atoms with Gasteiger partial charge in [0.1, 0.15) is 18.4 Å². The minimum atomic E-state index is -0.247. The summed E-state index contributed by atoms with van der Waals surface area (Å²) < 4.78 is 5.71. The highest BCUT2D eigenvalue weighted by Crippen LogP contribution is 2.38. The van der Waals surface area contributed by atoms with E-state index in [0.717, 1.165) is 24.3 Å². The number of hydrogen-bond donors (Lipinski definition) is 1. The average molecular weight is 232 g/mol. The lowest BCUT2D eigenvalue weighted by atomic mass is 10.2. The van der Waals surface area contributed by atoms with Crippen LogP contribution in [0.25, 0.3) is 0 Å². The summed E-state index contributed by atoms with van der Waals surface area (Å²) in [5.74, 6) is 0.936. The lowest BCUT2D eigenvalue weighted by molar-refractivity contribution is -0.120. The first-order valence-electron chi connectivity index (χ1n) is 6.03. The molecule has 1 unspecified atom stereocenters. The maximum Gasteiger partial charge on any atom is 0.248 e. The van der Waals surface area contributed by atoms with Crippen LogP contribution < -0.4 is 15.0 Å². The molecular formula is C13H16N2O2. The van der Waals surface area contributed by atoms with Crippen molar-refractivity contribution in [3.05, 3.63) is 24.3 Å². The summed E-state index contributed by atoms with van der Waals surface area (Å²) in [4.78, 5) is 14.3. The molecule has 2 aliphatic rings. The first kappa shape index (κ1) is 10.6. The molecule has 0 radical (unpaired) electrons.